The lowest BCUT2D eigenvalue weighted by Crippen LogP contribution is -2.35. The average molecular weight is 453 g/mol. The van der Waals surface area contributed by atoms with Gasteiger partial charge in [0, 0.05) is 40.7 Å². The number of hydrogen-bond donors (Lipinski definition) is 3. The van der Waals surface area contributed by atoms with Gasteiger partial charge in [0.25, 0.3) is 5.91 Å². The standard InChI is InChI=1S/C22H20FN5O3S/c23-16-2-4-18(5-3-16)28-20-9-14(22(29)26-17-7-8-32(30,31)12-17)1-6-19(20)21(27-28)15-10-24-13-25-11-15/h1-6,9-11,13,17,30-31H,7-8,12H2,(H,26,29). The van der Waals surface area contributed by atoms with Gasteiger partial charge in [-0.05, 0) is 48.9 Å². The van der Waals surface area contributed by atoms with Crippen LogP contribution in [0.2, 0.25) is 0 Å². The first kappa shape index (κ1) is 20.6. The highest BCUT2D eigenvalue weighted by molar-refractivity contribution is 8.24. The second kappa shape index (κ2) is 7.97. The molecule has 1 unspecified atom stereocenters. The van der Waals surface area contributed by atoms with Crippen molar-refractivity contribution in [3.05, 3.63) is 72.6 Å². The van der Waals surface area contributed by atoms with Gasteiger partial charge in [-0.15, -0.1) is 0 Å². The highest BCUT2D eigenvalue weighted by Crippen LogP contribution is 2.45. The number of halogens is 1. The lowest BCUT2D eigenvalue weighted by molar-refractivity contribution is 0.0941. The van der Waals surface area contributed by atoms with Crippen molar-refractivity contribution in [1.29, 1.82) is 0 Å². The SMILES string of the molecule is O=C(NC1CCS(O)(O)C1)c1ccc2c(-c3cncnc3)nn(-c3ccc(F)cc3)c2c1. The van der Waals surface area contributed by atoms with Gasteiger partial charge in [-0.1, -0.05) is 0 Å². The molecule has 164 valence electrons. The summed E-state index contributed by atoms with van der Waals surface area (Å²) in [6.45, 7) is 0. The molecule has 2 aromatic carbocycles. The molecule has 5 rings (SSSR count). The smallest absolute Gasteiger partial charge is 0.251 e. The molecule has 1 aliphatic heterocycles. The number of carbonyl (C=O) groups is 1. The molecule has 1 aliphatic rings. The van der Waals surface area contributed by atoms with Crippen molar-refractivity contribution in [3.8, 4) is 16.9 Å². The van der Waals surface area contributed by atoms with Crippen molar-refractivity contribution in [2.24, 2.45) is 0 Å². The summed E-state index contributed by atoms with van der Waals surface area (Å²) in [4.78, 5) is 21.0. The summed E-state index contributed by atoms with van der Waals surface area (Å²) >= 11 is 0. The predicted octanol–water partition coefficient (Wildman–Crippen LogP) is 3.87. The van der Waals surface area contributed by atoms with Crippen LogP contribution in [0.1, 0.15) is 16.8 Å². The zero-order valence-electron chi connectivity index (χ0n) is 16.8. The van der Waals surface area contributed by atoms with Crippen LogP contribution < -0.4 is 5.32 Å². The Morgan fingerprint density at radius 2 is 1.88 bits per heavy atom. The molecule has 1 amide bonds. The molecule has 0 saturated carbocycles. The third-order valence-electron chi connectivity index (χ3n) is 5.44. The number of benzene rings is 2. The van der Waals surface area contributed by atoms with E-state index in [1.807, 2.05) is 6.07 Å². The second-order valence-electron chi connectivity index (χ2n) is 7.73. The third kappa shape index (κ3) is 3.95. The van der Waals surface area contributed by atoms with Crippen molar-refractivity contribution in [2.45, 2.75) is 12.5 Å². The monoisotopic (exact) mass is 453 g/mol. The van der Waals surface area contributed by atoms with Crippen LogP contribution in [0.5, 0.6) is 0 Å². The Bertz CT molecular complexity index is 1290. The summed E-state index contributed by atoms with van der Waals surface area (Å²) in [6.07, 6.45) is 5.27. The molecular weight excluding hydrogens is 433 g/mol. The largest absolute Gasteiger partial charge is 0.348 e. The van der Waals surface area contributed by atoms with Crippen LogP contribution in [0.3, 0.4) is 0 Å². The molecule has 32 heavy (non-hydrogen) atoms. The van der Waals surface area contributed by atoms with Gasteiger partial charge in [0.1, 0.15) is 17.8 Å². The summed E-state index contributed by atoms with van der Waals surface area (Å²) in [7, 11) is -2.60. The van der Waals surface area contributed by atoms with Crippen molar-refractivity contribution < 1.29 is 18.3 Å². The summed E-state index contributed by atoms with van der Waals surface area (Å²) in [5.41, 5.74) is 3.08. The molecule has 0 radical (unpaired) electrons. The van der Waals surface area contributed by atoms with E-state index in [2.05, 4.69) is 15.3 Å². The topological polar surface area (TPSA) is 113 Å². The summed E-state index contributed by atoms with van der Waals surface area (Å²) < 4.78 is 34.8. The van der Waals surface area contributed by atoms with E-state index in [1.165, 1.54) is 18.5 Å². The maximum Gasteiger partial charge on any atom is 0.251 e. The Morgan fingerprint density at radius 3 is 2.56 bits per heavy atom. The number of hydrogen-bond acceptors (Lipinski definition) is 6. The summed E-state index contributed by atoms with van der Waals surface area (Å²) in [5, 5.41) is 8.37. The second-order valence-corrected chi connectivity index (χ2v) is 10.1. The van der Waals surface area contributed by atoms with E-state index in [0.717, 1.165) is 5.39 Å². The number of rotatable bonds is 4. The van der Waals surface area contributed by atoms with Crippen LogP contribution >= 0.6 is 10.6 Å². The van der Waals surface area contributed by atoms with Crippen LogP contribution in [-0.4, -0.2) is 52.3 Å². The number of nitrogens with zero attached hydrogens (tertiary/aromatic N) is 4. The summed E-state index contributed by atoms with van der Waals surface area (Å²) in [6, 6.07) is 10.9. The minimum absolute atomic E-state index is 0.173. The van der Waals surface area contributed by atoms with Gasteiger partial charge in [0.15, 0.2) is 0 Å². The zero-order valence-corrected chi connectivity index (χ0v) is 17.7. The normalized spacial score (nSPS) is 18.5. The molecule has 8 nitrogen and oxygen atoms in total. The molecule has 3 N–H and O–H groups in total. The molecule has 3 heterocycles. The zero-order chi connectivity index (χ0) is 22.3. The molecule has 4 aromatic rings. The first-order valence-electron chi connectivity index (χ1n) is 9.98. The lowest BCUT2D eigenvalue weighted by Gasteiger charge is -2.26. The number of amides is 1. The summed E-state index contributed by atoms with van der Waals surface area (Å²) in [5.74, 6) is -0.182. The van der Waals surface area contributed by atoms with E-state index in [-0.39, 0.29) is 23.5 Å². The molecule has 0 aliphatic carbocycles. The van der Waals surface area contributed by atoms with E-state index < -0.39 is 10.6 Å². The minimum Gasteiger partial charge on any atom is -0.348 e. The minimum atomic E-state index is -2.60. The Balaban J connectivity index is 1.57. The van der Waals surface area contributed by atoms with E-state index in [9.17, 15) is 18.3 Å². The van der Waals surface area contributed by atoms with E-state index in [4.69, 9.17) is 5.10 Å². The highest BCUT2D eigenvalue weighted by Gasteiger charge is 2.29. The molecule has 10 heteroatoms. The Hall–Kier alpha value is -3.34. The molecular formula is C22H20FN5O3S. The third-order valence-corrected chi connectivity index (χ3v) is 7.27. The average Bonchev–Trinajstić information content (AvgIpc) is 3.34. The lowest BCUT2D eigenvalue weighted by atomic mass is 10.1. The fourth-order valence-corrected chi connectivity index (χ4v) is 5.60. The fourth-order valence-electron chi connectivity index (χ4n) is 3.87. The van der Waals surface area contributed by atoms with Gasteiger partial charge in [0.2, 0.25) is 0 Å². The van der Waals surface area contributed by atoms with Gasteiger partial charge < -0.3 is 5.32 Å². The van der Waals surface area contributed by atoms with E-state index in [1.54, 1.807) is 41.3 Å². The van der Waals surface area contributed by atoms with Crippen molar-refractivity contribution in [1.82, 2.24) is 25.1 Å². The van der Waals surface area contributed by atoms with Gasteiger partial charge in [-0.3, -0.25) is 13.9 Å². The molecule has 2 aromatic heterocycles. The maximum atomic E-state index is 13.5. The first-order valence-corrected chi connectivity index (χ1v) is 11.9. The molecule has 1 fully saturated rings. The quantitative estimate of drug-likeness (QED) is 0.432. The number of carbonyl (C=O) groups excluding carboxylic acids is 1. The van der Waals surface area contributed by atoms with Crippen molar-refractivity contribution >= 4 is 27.4 Å². The molecule has 1 atom stereocenters. The van der Waals surface area contributed by atoms with E-state index in [0.29, 0.717) is 40.2 Å². The predicted molar refractivity (Wildman–Crippen MR) is 121 cm³/mol. The van der Waals surface area contributed by atoms with E-state index >= 15 is 0 Å². The number of aromatic nitrogens is 4. The molecule has 0 bridgehead atoms. The van der Waals surface area contributed by atoms with Crippen molar-refractivity contribution in [3.63, 3.8) is 0 Å². The Labute approximate surface area is 184 Å². The van der Waals surface area contributed by atoms with Gasteiger partial charge >= 0.3 is 0 Å². The number of fused-ring (bicyclic) bond motifs is 1. The highest BCUT2D eigenvalue weighted by atomic mass is 32.3. The Morgan fingerprint density at radius 1 is 1.12 bits per heavy atom. The van der Waals surface area contributed by atoms with Crippen molar-refractivity contribution in [2.75, 3.05) is 11.5 Å². The van der Waals surface area contributed by atoms with Crippen LogP contribution in [0.25, 0.3) is 27.8 Å². The van der Waals surface area contributed by atoms with Crippen LogP contribution in [0.4, 0.5) is 4.39 Å². The van der Waals surface area contributed by atoms with Gasteiger partial charge in [-0.25, -0.2) is 19.0 Å². The first-order chi connectivity index (χ1) is 15.4. The Kier molecular flexibility index (Phi) is 5.12. The maximum absolute atomic E-state index is 13.5. The molecule has 1 saturated heterocycles. The number of nitrogens with one attached hydrogen (secondary N) is 1. The van der Waals surface area contributed by atoms with Gasteiger partial charge in [-0.2, -0.15) is 15.7 Å². The van der Waals surface area contributed by atoms with Crippen LogP contribution in [-0.2, 0) is 0 Å². The van der Waals surface area contributed by atoms with Crippen LogP contribution in [0.15, 0.2) is 61.2 Å². The van der Waals surface area contributed by atoms with Gasteiger partial charge in [0.05, 0.1) is 17.0 Å². The molecule has 0 spiro atoms. The van der Waals surface area contributed by atoms with Crippen LogP contribution in [0, 0.1) is 5.82 Å². The fraction of sp³-hybridized carbons (Fsp3) is 0.182.